The van der Waals surface area contributed by atoms with Gasteiger partial charge in [-0.3, -0.25) is 0 Å². The summed E-state index contributed by atoms with van der Waals surface area (Å²) in [5, 5.41) is 4.47. The Balaban J connectivity index is 2.47. The van der Waals surface area contributed by atoms with Gasteiger partial charge in [-0.25, -0.2) is 0 Å². The van der Waals surface area contributed by atoms with Crippen LogP contribution in [0.1, 0.15) is 6.92 Å². The molecule has 0 saturated heterocycles. The summed E-state index contributed by atoms with van der Waals surface area (Å²) in [5.74, 6) is 0. The summed E-state index contributed by atoms with van der Waals surface area (Å²) in [6, 6.07) is 3.78. The SMILES string of the molecule is CCN1CNc2cc(Cl)c(Cl)cc21. The summed E-state index contributed by atoms with van der Waals surface area (Å²) in [6.07, 6.45) is 0. The van der Waals surface area contributed by atoms with Gasteiger partial charge in [-0.2, -0.15) is 0 Å². The second kappa shape index (κ2) is 3.28. The zero-order chi connectivity index (χ0) is 9.42. The molecule has 0 spiro atoms. The average Bonchev–Trinajstić information content (AvgIpc) is 2.48. The molecule has 1 aliphatic heterocycles. The Bertz CT molecular complexity index is 339. The molecule has 1 aromatic rings. The number of rotatable bonds is 1. The highest BCUT2D eigenvalue weighted by atomic mass is 35.5. The van der Waals surface area contributed by atoms with E-state index < -0.39 is 0 Å². The maximum Gasteiger partial charge on any atom is 0.0877 e. The number of nitrogens with zero attached hydrogens (tertiary/aromatic N) is 1. The van der Waals surface area contributed by atoms with Crippen molar-refractivity contribution in [2.45, 2.75) is 6.92 Å². The fourth-order valence-electron chi connectivity index (χ4n) is 1.49. The highest BCUT2D eigenvalue weighted by molar-refractivity contribution is 6.42. The molecule has 2 nitrogen and oxygen atoms in total. The highest BCUT2D eigenvalue weighted by Crippen LogP contribution is 2.37. The molecular weight excluding hydrogens is 207 g/mol. The van der Waals surface area contributed by atoms with E-state index in [4.69, 9.17) is 23.2 Å². The molecule has 0 atom stereocenters. The Kier molecular flexibility index (Phi) is 2.26. The molecule has 0 bridgehead atoms. The smallest absolute Gasteiger partial charge is 0.0877 e. The lowest BCUT2D eigenvalue weighted by Gasteiger charge is -2.14. The van der Waals surface area contributed by atoms with E-state index in [2.05, 4.69) is 17.1 Å². The summed E-state index contributed by atoms with van der Waals surface area (Å²) >= 11 is 11.8. The third kappa shape index (κ3) is 1.45. The van der Waals surface area contributed by atoms with Crippen molar-refractivity contribution in [1.82, 2.24) is 0 Å². The van der Waals surface area contributed by atoms with Crippen molar-refractivity contribution in [3.8, 4) is 0 Å². The maximum absolute atomic E-state index is 5.93. The Labute approximate surface area is 87.4 Å². The number of benzene rings is 1. The van der Waals surface area contributed by atoms with Crippen LogP contribution in [0.5, 0.6) is 0 Å². The fraction of sp³-hybridized carbons (Fsp3) is 0.333. The largest absolute Gasteiger partial charge is 0.366 e. The highest BCUT2D eigenvalue weighted by Gasteiger charge is 2.18. The molecule has 1 N–H and O–H groups in total. The number of fused-ring (bicyclic) bond motifs is 1. The van der Waals surface area contributed by atoms with Gasteiger partial charge in [0.25, 0.3) is 0 Å². The zero-order valence-electron chi connectivity index (χ0n) is 7.27. The quantitative estimate of drug-likeness (QED) is 0.776. The predicted octanol–water partition coefficient (Wildman–Crippen LogP) is 3.20. The first-order chi connectivity index (χ1) is 6.22. The first kappa shape index (κ1) is 8.97. The van der Waals surface area contributed by atoms with Crippen LogP contribution in [0.25, 0.3) is 0 Å². The summed E-state index contributed by atoms with van der Waals surface area (Å²) in [5.41, 5.74) is 2.20. The minimum absolute atomic E-state index is 0.603. The lowest BCUT2D eigenvalue weighted by atomic mass is 10.2. The topological polar surface area (TPSA) is 15.3 Å². The van der Waals surface area contributed by atoms with Crippen LogP contribution in [-0.4, -0.2) is 13.2 Å². The zero-order valence-corrected chi connectivity index (χ0v) is 8.78. The molecule has 0 amide bonds. The molecule has 0 aromatic heterocycles. The molecule has 0 saturated carbocycles. The van der Waals surface area contributed by atoms with Crippen LogP contribution in [-0.2, 0) is 0 Å². The average molecular weight is 217 g/mol. The fourth-order valence-corrected chi connectivity index (χ4v) is 1.81. The number of anilines is 2. The lowest BCUT2D eigenvalue weighted by Crippen LogP contribution is -2.21. The van der Waals surface area contributed by atoms with E-state index in [-0.39, 0.29) is 0 Å². The van der Waals surface area contributed by atoms with E-state index >= 15 is 0 Å². The minimum Gasteiger partial charge on any atom is -0.366 e. The van der Waals surface area contributed by atoms with Gasteiger partial charge in [0.05, 0.1) is 28.1 Å². The first-order valence-electron chi connectivity index (χ1n) is 4.20. The summed E-state index contributed by atoms with van der Waals surface area (Å²) < 4.78 is 0. The molecule has 0 unspecified atom stereocenters. The summed E-state index contributed by atoms with van der Waals surface area (Å²) in [7, 11) is 0. The van der Waals surface area contributed by atoms with Gasteiger partial charge in [-0.1, -0.05) is 23.2 Å². The molecule has 4 heteroatoms. The van der Waals surface area contributed by atoms with Gasteiger partial charge in [-0.05, 0) is 19.1 Å². The van der Waals surface area contributed by atoms with Gasteiger partial charge in [0, 0.05) is 6.54 Å². The molecule has 70 valence electrons. The molecule has 1 aromatic carbocycles. The van der Waals surface area contributed by atoms with Crippen LogP contribution < -0.4 is 10.2 Å². The van der Waals surface area contributed by atoms with E-state index in [0.29, 0.717) is 10.0 Å². The molecular formula is C9H10Cl2N2. The molecule has 13 heavy (non-hydrogen) atoms. The van der Waals surface area contributed by atoms with Crippen molar-refractivity contribution in [2.24, 2.45) is 0 Å². The third-order valence-corrected chi connectivity index (χ3v) is 2.94. The Morgan fingerprint density at radius 1 is 1.38 bits per heavy atom. The number of halogens is 2. The standard InChI is InChI=1S/C9H10Cl2N2/c1-2-13-5-12-8-3-6(10)7(11)4-9(8)13/h3-4,12H,2,5H2,1H3. The van der Waals surface area contributed by atoms with Gasteiger partial charge in [0.15, 0.2) is 0 Å². The normalized spacial score (nSPS) is 14.2. The van der Waals surface area contributed by atoms with Crippen molar-refractivity contribution in [3.05, 3.63) is 22.2 Å². The van der Waals surface area contributed by atoms with E-state index in [1.54, 1.807) is 0 Å². The Morgan fingerprint density at radius 2 is 2.08 bits per heavy atom. The summed E-state index contributed by atoms with van der Waals surface area (Å²) in [6.45, 7) is 3.92. The Morgan fingerprint density at radius 3 is 2.77 bits per heavy atom. The van der Waals surface area contributed by atoms with Crippen molar-refractivity contribution in [1.29, 1.82) is 0 Å². The second-order valence-corrected chi connectivity index (χ2v) is 3.79. The minimum atomic E-state index is 0.603. The molecule has 0 radical (unpaired) electrons. The van der Waals surface area contributed by atoms with E-state index in [1.165, 1.54) is 0 Å². The van der Waals surface area contributed by atoms with Crippen LogP contribution in [0.3, 0.4) is 0 Å². The van der Waals surface area contributed by atoms with Gasteiger partial charge >= 0.3 is 0 Å². The van der Waals surface area contributed by atoms with Crippen LogP contribution in [0.4, 0.5) is 11.4 Å². The predicted molar refractivity (Wildman–Crippen MR) is 58.0 cm³/mol. The first-order valence-corrected chi connectivity index (χ1v) is 4.96. The third-order valence-electron chi connectivity index (χ3n) is 2.22. The lowest BCUT2D eigenvalue weighted by molar-refractivity contribution is 0.911. The van der Waals surface area contributed by atoms with E-state index in [0.717, 1.165) is 24.6 Å². The Hall–Kier alpha value is -0.600. The maximum atomic E-state index is 5.93. The van der Waals surface area contributed by atoms with E-state index in [1.807, 2.05) is 12.1 Å². The van der Waals surface area contributed by atoms with E-state index in [9.17, 15) is 0 Å². The number of nitrogens with one attached hydrogen (secondary N) is 1. The van der Waals surface area contributed by atoms with Gasteiger partial charge in [0.2, 0.25) is 0 Å². The molecule has 0 fully saturated rings. The molecule has 1 heterocycles. The van der Waals surface area contributed by atoms with Crippen molar-refractivity contribution in [2.75, 3.05) is 23.4 Å². The molecule has 2 rings (SSSR count). The number of hydrogen-bond acceptors (Lipinski definition) is 2. The van der Waals surface area contributed by atoms with Crippen molar-refractivity contribution >= 4 is 34.6 Å². The monoisotopic (exact) mass is 216 g/mol. The van der Waals surface area contributed by atoms with Gasteiger partial charge < -0.3 is 10.2 Å². The van der Waals surface area contributed by atoms with Crippen molar-refractivity contribution in [3.63, 3.8) is 0 Å². The van der Waals surface area contributed by atoms with Crippen LogP contribution in [0, 0.1) is 0 Å². The van der Waals surface area contributed by atoms with Crippen molar-refractivity contribution < 1.29 is 0 Å². The second-order valence-electron chi connectivity index (χ2n) is 2.97. The van der Waals surface area contributed by atoms with Crippen LogP contribution >= 0.6 is 23.2 Å². The molecule has 0 aliphatic carbocycles. The van der Waals surface area contributed by atoms with Crippen LogP contribution in [0.2, 0.25) is 10.0 Å². The van der Waals surface area contributed by atoms with Crippen LogP contribution in [0.15, 0.2) is 12.1 Å². The van der Waals surface area contributed by atoms with Gasteiger partial charge in [-0.15, -0.1) is 0 Å². The molecule has 1 aliphatic rings. The number of hydrogen-bond donors (Lipinski definition) is 1. The van der Waals surface area contributed by atoms with Gasteiger partial charge in [0.1, 0.15) is 0 Å². The summed E-state index contributed by atoms with van der Waals surface area (Å²) in [4.78, 5) is 2.21.